The molecular weight excluding hydrogens is 548 g/mol. The number of hydrogen-bond donors (Lipinski definition) is 9. The topological polar surface area (TPSA) is 279 Å². The van der Waals surface area contributed by atoms with Crippen molar-refractivity contribution in [3.63, 3.8) is 0 Å². The monoisotopic (exact) mass is 588 g/mol. The SMILES string of the molecule is NCCCCC(NC(=O)C(CCC(N)=O)NC(=O)C(CCC(N)=O)NC(=O)C(N)Cc1c[nH]c2ccccc12)C(=O)O. The fraction of sp³-hybridized carbons (Fsp3) is 0.481. The van der Waals surface area contributed by atoms with Gasteiger partial charge in [-0.1, -0.05) is 18.2 Å². The van der Waals surface area contributed by atoms with Crippen LogP contribution in [0, 0.1) is 0 Å². The average Bonchev–Trinajstić information content (AvgIpc) is 3.34. The molecule has 230 valence electrons. The van der Waals surface area contributed by atoms with Gasteiger partial charge in [0.25, 0.3) is 0 Å². The van der Waals surface area contributed by atoms with Gasteiger partial charge in [0.05, 0.1) is 6.04 Å². The molecule has 0 spiro atoms. The molecule has 0 fully saturated rings. The van der Waals surface area contributed by atoms with E-state index in [0.29, 0.717) is 19.4 Å². The van der Waals surface area contributed by atoms with E-state index < -0.39 is 59.7 Å². The lowest BCUT2D eigenvalue weighted by molar-refractivity contribution is -0.142. The summed E-state index contributed by atoms with van der Waals surface area (Å²) in [6.07, 6.45) is 1.96. The Morgan fingerprint density at radius 1 is 0.786 bits per heavy atom. The summed E-state index contributed by atoms with van der Waals surface area (Å²) < 4.78 is 0. The molecule has 15 nitrogen and oxygen atoms in total. The molecule has 13 N–H and O–H groups in total. The number of carbonyl (C=O) groups excluding carboxylic acids is 5. The summed E-state index contributed by atoms with van der Waals surface area (Å²) in [6.45, 7) is 0.349. The van der Waals surface area contributed by atoms with Crippen LogP contribution in [0.3, 0.4) is 0 Å². The maximum atomic E-state index is 13.2. The molecule has 5 amide bonds. The maximum absolute atomic E-state index is 13.2. The Balaban J connectivity index is 2.15. The first-order chi connectivity index (χ1) is 19.9. The summed E-state index contributed by atoms with van der Waals surface area (Å²) in [5.74, 6) is -5.16. The van der Waals surface area contributed by atoms with Gasteiger partial charge in [-0.25, -0.2) is 4.79 Å². The van der Waals surface area contributed by atoms with Gasteiger partial charge in [-0.3, -0.25) is 24.0 Å². The third-order valence-corrected chi connectivity index (χ3v) is 6.64. The number of carbonyl (C=O) groups is 6. The normalized spacial score (nSPS) is 13.9. The molecule has 2 aromatic rings. The second-order valence-corrected chi connectivity index (χ2v) is 9.99. The number of nitrogens with two attached hydrogens (primary N) is 4. The number of fused-ring (bicyclic) bond motifs is 1. The Hall–Kier alpha value is -4.50. The lowest BCUT2D eigenvalue weighted by atomic mass is 10.0. The quantitative estimate of drug-likeness (QED) is 0.0839. The maximum Gasteiger partial charge on any atom is 0.326 e. The Morgan fingerprint density at radius 3 is 1.88 bits per heavy atom. The van der Waals surface area contributed by atoms with Crippen LogP contribution in [-0.4, -0.2) is 76.3 Å². The summed E-state index contributed by atoms with van der Waals surface area (Å²) in [5, 5.41) is 17.7. The van der Waals surface area contributed by atoms with Crippen LogP contribution in [0.5, 0.6) is 0 Å². The molecule has 1 aromatic heterocycles. The van der Waals surface area contributed by atoms with Gasteiger partial charge in [-0.05, 0) is 56.7 Å². The third kappa shape index (κ3) is 10.8. The van der Waals surface area contributed by atoms with Gasteiger partial charge in [0.15, 0.2) is 0 Å². The molecule has 0 bridgehead atoms. The van der Waals surface area contributed by atoms with Crippen LogP contribution in [0.25, 0.3) is 10.9 Å². The van der Waals surface area contributed by atoms with Crippen molar-refractivity contribution in [2.45, 2.75) is 75.5 Å². The Kier molecular flexibility index (Phi) is 13.4. The number of carboxylic acid groups (broad SMARTS) is 1. The number of carboxylic acids is 1. The third-order valence-electron chi connectivity index (χ3n) is 6.64. The molecule has 2 rings (SSSR count). The lowest BCUT2D eigenvalue weighted by Gasteiger charge is -2.25. The predicted molar refractivity (Wildman–Crippen MR) is 153 cm³/mol. The minimum Gasteiger partial charge on any atom is -0.480 e. The van der Waals surface area contributed by atoms with Crippen LogP contribution < -0.4 is 38.9 Å². The second kappa shape index (κ2) is 16.7. The first-order valence-corrected chi connectivity index (χ1v) is 13.6. The number of aromatic amines is 1. The minimum absolute atomic E-state index is 0.0976. The number of amides is 5. The molecule has 0 saturated carbocycles. The standard InChI is InChI=1S/C27H40N8O7/c28-12-4-3-7-21(27(41)42)35-26(40)20(9-11-23(31)37)34-25(39)19(8-10-22(30)36)33-24(38)17(29)13-15-14-32-18-6-2-1-5-16(15)18/h1-2,5-6,14,17,19-21,32H,3-4,7-13,28-29H2,(H2,30,36)(H2,31,37)(H,33,38)(H,34,39)(H,35,40)(H,41,42). The number of primary amides is 2. The van der Waals surface area contributed by atoms with Crippen LogP contribution in [-0.2, 0) is 35.2 Å². The summed E-state index contributed by atoms with van der Waals surface area (Å²) in [7, 11) is 0. The highest BCUT2D eigenvalue weighted by Crippen LogP contribution is 2.19. The van der Waals surface area contributed by atoms with E-state index in [1.54, 1.807) is 6.20 Å². The summed E-state index contributed by atoms with van der Waals surface area (Å²) in [5.41, 5.74) is 23.7. The minimum atomic E-state index is -1.37. The van der Waals surface area contributed by atoms with E-state index in [4.69, 9.17) is 22.9 Å². The van der Waals surface area contributed by atoms with E-state index >= 15 is 0 Å². The molecule has 15 heteroatoms. The van der Waals surface area contributed by atoms with Crippen LogP contribution in [0.1, 0.15) is 50.5 Å². The summed E-state index contributed by atoms with van der Waals surface area (Å²) >= 11 is 0. The molecular formula is C27H40N8O7. The van der Waals surface area contributed by atoms with Crippen molar-refractivity contribution in [1.29, 1.82) is 0 Å². The zero-order valence-electron chi connectivity index (χ0n) is 23.3. The molecule has 0 aliphatic rings. The Morgan fingerprint density at radius 2 is 1.33 bits per heavy atom. The van der Waals surface area contributed by atoms with Gasteiger partial charge in [-0.15, -0.1) is 0 Å². The van der Waals surface area contributed by atoms with E-state index in [2.05, 4.69) is 20.9 Å². The molecule has 4 unspecified atom stereocenters. The fourth-order valence-electron chi connectivity index (χ4n) is 4.31. The number of benzene rings is 1. The molecule has 0 aliphatic heterocycles. The van der Waals surface area contributed by atoms with Crippen LogP contribution in [0.4, 0.5) is 0 Å². The molecule has 4 atom stereocenters. The Labute approximate surface area is 242 Å². The summed E-state index contributed by atoms with van der Waals surface area (Å²) in [6, 6.07) is 2.45. The predicted octanol–water partition coefficient (Wildman–Crippen LogP) is -1.76. The van der Waals surface area contributed by atoms with Gasteiger partial charge >= 0.3 is 5.97 Å². The van der Waals surface area contributed by atoms with Crippen molar-refractivity contribution >= 4 is 46.4 Å². The molecule has 0 saturated heterocycles. The molecule has 0 radical (unpaired) electrons. The van der Waals surface area contributed by atoms with Gasteiger partial charge in [-0.2, -0.15) is 0 Å². The smallest absolute Gasteiger partial charge is 0.326 e. The van der Waals surface area contributed by atoms with E-state index in [1.165, 1.54) is 0 Å². The van der Waals surface area contributed by atoms with Gasteiger partial charge in [0, 0.05) is 29.9 Å². The van der Waals surface area contributed by atoms with Gasteiger partial charge < -0.3 is 49.0 Å². The van der Waals surface area contributed by atoms with E-state index in [9.17, 15) is 33.9 Å². The largest absolute Gasteiger partial charge is 0.480 e. The van der Waals surface area contributed by atoms with E-state index in [1.807, 2.05) is 24.3 Å². The first kappa shape index (κ1) is 33.7. The van der Waals surface area contributed by atoms with Crippen LogP contribution in [0.2, 0.25) is 0 Å². The van der Waals surface area contributed by atoms with Crippen molar-refractivity contribution in [2.24, 2.45) is 22.9 Å². The van der Waals surface area contributed by atoms with E-state index in [-0.39, 0.29) is 38.5 Å². The molecule has 1 aromatic carbocycles. The molecule has 1 heterocycles. The van der Waals surface area contributed by atoms with Crippen molar-refractivity contribution in [3.8, 4) is 0 Å². The number of nitrogens with one attached hydrogen (secondary N) is 4. The zero-order valence-corrected chi connectivity index (χ0v) is 23.3. The summed E-state index contributed by atoms with van der Waals surface area (Å²) in [4.78, 5) is 76.8. The van der Waals surface area contributed by atoms with E-state index in [0.717, 1.165) is 16.5 Å². The number of aromatic nitrogens is 1. The average molecular weight is 589 g/mol. The molecule has 0 aliphatic carbocycles. The number of para-hydroxylation sites is 1. The van der Waals surface area contributed by atoms with Crippen molar-refractivity contribution in [3.05, 3.63) is 36.0 Å². The highest BCUT2D eigenvalue weighted by Gasteiger charge is 2.31. The highest BCUT2D eigenvalue weighted by atomic mass is 16.4. The number of aliphatic carboxylic acids is 1. The van der Waals surface area contributed by atoms with Crippen molar-refractivity contribution in [1.82, 2.24) is 20.9 Å². The molecule has 42 heavy (non-hydrogen) atoms. The van der Waals surface area contributed by atoms with Crippen LogP contribution in [0.15, 0.2) is 30.5 Å². The fourth-order valence-corrected chi connectivity index (χ4v) is 4.31. The van der Waals surface area contributed by atoms with Gasteiger partial charge in [0.1, 0.15) is 18.1 Å². The number of hydrogen-bond acceptors (Lipinski definition) is 8. The zero-order chi connectivity index (χ0) is 31.2. The van der Waals surface area contributed by atoms with Crippen molar-refractivity contribution < 1.29 is 33.9 Å². The lowest BCUT2D eigenvalue weighted by Crippen LogP contribution is -2.57. The van der Waals surface area contributed by atoms with Crippen molar-refractivity contribution in [2.75, 3.05) is 6.54 Å². The number of H-pyrrole nitrogens is 1. The Bertz CT molecular complexity index is 1260. The first-order valence-electron chi connectivity index (χ1n) is 13.6. The second-order valence-electron chi connectivity index (χ2n) is 9.99. The number of rotatable bonds is 19. The highest BCUT2D eigenvalue weighted by molar-refractivity contribution is 5.95. The number of unbranched alkanes of at least 4 members (excludes halogenated alkanes) is 1. The van der Waals surface area contributed by atoms with Crippen LogP contribution >= 0.6 is 0 Å². The van der Waals surface area contributed by atoms with Gasteiger partial charge in [0.2, 0.25) is 29.5 Å².